The number of hydrogen-bond acceptors (Lipinski definition) is 4. The molecule has 19 heavy (non-hydrogen) atoms. The lowest BCUT2D eigenvalue weighted by Crippen LogP contribution is -2.21. The van der Waals surface area contributed by atoms with E-state index in [2.05, 4.69) is 0 Å². The van der Waals surface area contributed by atoms with Gasteiger partial charge in [-0.25, -0.2) is 0 Å². The summed E-state index contributed by atoms with van der Waals surface area (Å²) in [6.07, 6.45) is 1.27. The Labute approximate surface area is 112 Å². The Morgan fingerprint density at radius 2 is 2.05 bits per heavy atom. The maximum Gasteiger partial charge on any atom is 0.175 e. The van der Waals surface area contributed by atoms with E-state index in [1.807, 2.05) is 6.92 Å². The molecule has 2 rings (SSSR count). The average molecular weight is 262 g/mol. The van der Waals surface area contributed by atoms with Crippen LogP contribution in [0.4, 0.5) is 0 Å². The van der Waals surface area contributed by atoms with Gasteiger partial charge >= 0.3 is 0 Å². The SMILES string of the molecule is CCC(=O)c1ccc(OCC(=O)C2CCOC2)cc1. The number of carbonyl (C=O) groups is 2. The van der Waals surface area contributed by atoms with Gasteiger partial charge in [-0.05, 0) is 30.7 Å². The fourth-order valence-electron chi connectivity index (χ4n) is 2.00. The Kier molecular flexibility index (Phi) is 4.68. The molecule has 102 valence electrons. The Morgan fingerprint density at radius 3 is 2.63 bits per heavy atom. The van der Waals surface area contributed by atoms with E-state index in [0.29, 0.717) is 30.9 Å². The van der Waals surface area contributed by atoms with Crippen molar-refractivity contribution in [1.29, 1.82) is 0 Å². The molecule has 1 aliphatic heterocycles. The molecule has 1 aliphatic rings. The molecule has 1 unspecified atom stereocenters. The molecule has 1 heterocycles. The van der Waals surface area contributed by atoms with Crippen molar-refractivity contribution in [3.8, 4) is 5.75 Å². The molecule has 4 nitrogen and oxygen atoms in total. The number of hydrogen-bond donors (Lipinski definition) is 0. The minimum atomic E-state index is -0.0269. The zero-order valence-electron chi connectivity index (χ0n) is 11.1. The summed E-state index contributed by atoms with van der Waals surface area (Å²) in [5, 5.41) is 0. The Morgan fingerprint density at radius 1 is 1.32 bits per heavy atom. The molecule has 1 fully saturated rings. The van der Waals surface area contributed by atoms with Gasteiger partial charge < -0.3 is 9.47 Å². The van der Waals surface area contributed by atoms with E-state index in [4.69, 9.17) is 9.47 Å². The molecular formula is C15H18O4. The van der Waals surface area contributed by atoms with Gasteiger partial charge in [-0.15, -0.1) is 0 Å². The lowest BCUT2D eigenvalue weighted by atomic mass is 10.0. The van der Waals surface area contributed by atoms with E-state index in [1.54, 1.807) is 24.3 Å². The van der Waals surface area contributed by atoms with Gasteiger partial charge in [-0.2, -0.15) is 0 Å². The minimum Gasteiger partial charge on any atom is -0.486 e. The van der Waals surface area contributed by atoms with Crippen LogP contribution < -0.4 is 4.74 Å². The summed E-state index contributed by atoms with van der Waals surface area (Å²) in [7, 11) is 0. The highest BCUT2D eigenvalue weighted by molar-refractivity contribution is 5.95. The molecule has 0 amide bonds. The Balaban J connectivity index is 1.85. The average Bonchev–Trinajstić information content (AvgIpc) is 2.98. The van der Waals surface area contributed by atoms with Crippen LogP contribution in [0.2, 0.25) is 0 Å². The minimum absolute atomic E-state index is 0.0269. The van der Waals surface area contributed by atoms with Crippen molar-refractivity contribution in [3.05, 3.63) is 29.8 Å². The van der Waals surface area contributed by atoms with E-state index in [0.717, 1.165) is 6.42 Å². The van der Waals surface area contributed by atoms with Gasteiger partial charge in [0.25, 0.3) is 0 Å². The van der Waals surface area contributed by atoms with Crippen LogP contribution in [0.1, 0.15) is 30.1 Å². The van der Waals surface area contributed by atoms with Crippen molar-refractivity contribution in [2.45, 2.75) is 19.8 Å². The van der Waals surface area contributed by atoms with Crippen molar-refractivity contribution in [2.24, 2.45) is 5.92 Å². The van der Waals surface area contributed by atoms with E-state index in [9.17, 15) is 9.59 Å². The van der Waals surface area contributed by atoms with Gasteiger partial charge in [0, 0.05) is 24.5 Å². The summed E-state index contributed by atoms with van der Waals surface area (Å²) in [6.45, 7) is 3.06. The fraction of sp³-hybridized carbons (Fsp3) is 0.467. The normalized spacial score (nSPS) is 18.3. The first kappa shape index (κ1) is 13.7. The Bertz CT molecular complexity index is 444. The van der Waals surface area contributed by atoms with Crippen LogP contribution in [0, 0.1) is 5.92 Å². The van der Waals surface area contributed by atoms with Crippen LogP contribution in [-0.2, 0) is 9.53 Å². The summed E-state index contributed by atoms with van der Waals surface area (Å²) in [5.41, 5.74) is 0.672. The zero-order valence-corrected chi connectivity index (χ0v) is 11.1. The number of ketones is 2. The molecule has 0 aromatic heterocycles. The van der Waals surface area contributed by atoms with Gasteiger partial charge in [-0.1, -0.05) is 6.92 Å². The highest BCUT2D eigenvalue weighted by Crippen LogP contribution is 2.16. The molecule has 1 saturated heterocycles. The van der Waals surface area contributed by atoms with E-state index >= 15 is 0 Å². The van der Waals surface area contributed by atoms with Crippen molar-refractivity contribution >= 4 is 11.6 Å². The van der Waals surface area contributed by atoms with Gasteiger partial charge in [-0.3, -0.25) is 9.59 Å². The van der Waals surface area contributed by atoms with Crippen LogP contribution in [0.3, 0.4) is 0 Å². The second-order valence-corrected chi connectivity index (χ2v) is 4.62. The van der Waals surface area contributed by atoms with E-state index < -0.39 is 0 Å². The molecule has 1 aromatic rings. The predicted octanol–water partition coefficient (Wildman–Crippen LogP) is 2.26. The highest BCUT2D eigenvalue weighted by Gasteiger charge is 2.23. The number of Topliss-reactive ketones (excluding diaryl/α,β-unsaturated/α-hetero) is 2. The number of carbonyl (C=O) groups excluding carboxylic acids is 2. The predicted molar refractivity (Wildman–Crippen MR) is 70.5 cm³/mol. The smallest absolute Gasteiger partial charge is 0.175 e. The molecule has 0 bridgehead atoms. The molecule has 0 spiro atoms. The van der Waals surface area contributed by atoms with Crippen LogP contribution in [0.5, 0.6) is 5.75 Å². The topological polar surface area (TPSA) is 52.6 Å². The lowest BCUT2D eigenvalue weighted by molar-refractivity contribution is -0.124. The number of rotatable bonds is 6. The second-order valence-electron chi connectivity index (χ2n) is 4.62. The molecule has 1 atom stereocenters. The summed E-state index contributed by atoms with van der Waals surface area (Å²) in [6, 6.07) is 6.90. The largest absolute Gasteiger partial charge is 0.486 e. The van der Waals surface area contributed by atoms with Crippen molar-refractivity contribution in [1.82, 2.24) is 0 Å². The maximum absolute atomic E-state index is 11.8. The molecule has 1 aromatic carbocycles. The van der Waals surface area contributed by atoms with Gasteiger partial charge in [0.1, 0.15) is 12.4 Å². The summed E-state index contributed by atoms with van der Waals surface area (Å²) < 4.78 is 10.6. The van der Waals surface area contributed by atoms with Gasteiger partial charge in [0.2, 0.25) is 0 Å². The van der Waals surface area contributed by atoms with Crippen molar-refractivity contribution < 1.29 is 19.1 Å². The van der Waals surface area contributed by atoms with Crippen LogP contribution in [0.15, 0.2) is 24.3 Å². The summed E-state index contributed by atoms with van der Waals surface area (Å²) in [5.74, 6) is 0.762. The van der Waals surface area contributed by atoms with Gasteiger partial charge in [0.05, 0.1) is 6.61 Å². The van der Waals surface area contributed by atoms with E-state index in [1.165, 1.54) is 0 Å². The van der Waals surface area contributed by atoms with Gasteiger partial charge in [0.15, 0.2) is 11.6 Å². The second kappa shape index (κ2) is 6.48. The molecule has 0 aliphatic carbocycles. The number of ether oxygens (including phenoxy) is 2. The maximum atomic E-state index is 11.8. The molecular weight excluding hydrogens is 244 g/mol. The van der Waals surface area contributed by atoms with Crippen LogP contribution in [0.25, 0.3) is 0 Å². The highest BCUT2D eigenvalue weighted by atomic mass is 16.5. The molecule has 4 heteroatoms. The van der Waals surface area contributed by atoms with Crippen LogP contribution in [-0.4, -0.2) is 31.4 Å². The first-order valence-corrected chi connectivity index (χ1v) is 6.57. The Hall–Kier alpha value is -1.68. The third-order valence-corrected chi connectivity index (χ3v) is 3.26. The first-order chi connectivity index (χ1) is 9.20. The molecule has 0 radical (unpaired) electrons. The van der Waals surface area contributed by atoms with Crippen molar-refractivity contribution in [2.75, 3.05) is 19.8 Å². The molecule has 0 N–H and O–H groups in total. The monoisotopic (exact) mass is 262 g/mol. The third kappa shape index (κ3) is 3.64. The van der Waals surface area contributed by atoms with Crippen molar-refractivity contribution in [3.63, 3.8) is 0 Å². The summed E-state index contributed by atoms with van der Waals surface area (Å²) >= 11 is 0. The summed E-state index contributed by atoms with van der Waals surface area (Å²) in [4.78, 5) is 23.2. The first-order valence-electron chi connectivity index (χ1n) is 6.57. The third-order valence-electron chi connectivity index (χ3n) is 3.26. The quantitative estimate of drug-likeness (QED) is 0.738. The fourth-order valence-corrected chi connectivity index (χ4v) is 2.00. The van der Waals surface area contributed by atoms with E-state index in [-0.39, 0.29) is 24.1 Å². The lowest BCUT2D eigenvalue weighted by Gasteiger charge is -2.09. The standard InChI is InChI=1S/C15H18O4/c1-2-14(16)11-3-5-13(6-4-11)19-10-15(17)12-7-8-18-9-12/h3-6,12H,2,7-10H2,1H3. The number of benzene rings is 1. The zero-order chi connectivity index (χ0) is 13.7. The molecule has 0 saturated carbocycles. The van der Waals surface area contributed by atoms with Crippen LogP contribution >= 0.6 is 0 Å².